The van der Waals surface area contributed by atoms with Crippen LogP contribution in [0.1, 0.15) is 55.2 Å². The van der Waals surface area contributed by atoms with E-state index >= 15 is 0 Å². The lowest BCUT2D eigenvalue weighted by molar-refractivity contribution is -0.154. The molecule has 1 unspecified atom stereocenters. The third-order valence-electron chi connectivity index (χ3n) is 6.94. The van der Waals surface area contributed by atoms with Gasteiger partial charge in [0.1, 0.15) is 0 Å². The van der Waals surface area contributed by atoms with Crippen molar-refractivity contribution in [1.82, 2.24) is 4.90 Å². The number of aryl methyl sites for hydroxylation is 2. The van der Waals surface area contributed by atoms with E-state index in [9.17, 15) is 9.90 Å². The van der Waals surface area contributed by atoms with Gasteiger partial charge >= 0.3 is 0 Å². The molecule has 4 rings (SSSR count). The van der Waals surface area contributed by atoms with Crippen LogP contribution in [0.5, 0.6) is 0 Å². The SMILES string of the molecule is Cc1ccccc1CCC(=O)N1CC[C@@](O)(c2ccccc2)[C@H]2CCCCC21. The molecule has 1 aliphatic carbocycles. The van der Waals surface area contributed by atoms with Crippen molar-refractivity contribution in [3.05, 3.63) is 71.3 Å². The smallest absolute Gasteiger partial charge is 0.223 e. The monoisotopic (exact) mass is 377 g/mol. The average molecular weight is 378 g/mol. The van der Waals surface area contributed by atoms with Crippen molar-refractivity contribution in [2.75, 3.05) is 6.54 Å². The minimum Gasteiger partial charge on any atom is -0.385 e. The number of benzene rings is 2. The van der Waals surface area contributed by atoms with Gasteiger partial charge in [-0.3, -0.25) is 4.79 Å². The summed E-state index contributed by atoms with van der Waals surface area (Å²) in [5.41, 5.74) is 2.72. The second kappa shape index (κ2) is 8.08. The molecule has 2 aromatic rings. The molecule has 0 radical (unpaired) electrons. The Morgan fingerprint density at radius 3 is 2.57 bits per heavy atom. The second-order valence-corrected chi connectivity index (χ2v) is 8.51. The van der Waals surface area contributed by atoms with E-state index in [-0.39, 0.29) is 17.9 Å². The molecule has 0 aromatic heterocycles. The van der Waals surface area contributed by atoms with Crippen LogP contribution in [0, 0.1) is 12.8 Å². The van der Waals surface area contributed by atoms with Crippen LogP contribution in [0.4, 0.5) is 0 Å². The standard InChI is InChI=1S/C25H31NO2/c1-19-9-5-6-10-20(19)15-16-24(27)26-18-17-25(28,21-11-3-2-4-12-21)22-13-7-8-14-23(22)26/h2-6,9-12,22-23,28H,7-8,13-18H2,1H3/t22-,23?,25+/m0/s1. The first-order valence-electron chi connectivity index (χ1n) is 10.7. The van der Waals surface area contributed by atoms with Crippen molar-refractivity contribution < 1.29 is 9.90 Å². The van der Waals surface area contributed by atoms with Crippen molar-refractivity contribution in [3.63, 3.8) is 0 Å². The maximum atomic E-state index is 13.1. The van der Waals surface area contributed by atoms with Crippen LogP contribution < -0.4 is 0 Å². The molecule has 148 valence electrons. The highest BCUT2D eigenvalue weighted by molar-refractivity contribution is 5.77. The van der Waals surface area contributed by atoms with Crippen LogP contribution in [0.15, 0.2) is 54.6 Å². The number of aliphatic hydroxyl groups is 1. The summed E-state index contributed by atoms with van der Waals surface area (Å²) in [5, 5.41) is 11.6. The lowest BCUT2D eigenvalue weighted by atomic mass is 9.66. The average Bonchev–Trinajstić information content (AvgIpc) is 2.74. The predicted molar refractivity (Wildman–Crippen MR) is 112 cm³/mol. The number of rotatable bonds is 4. The van der Waals surface area contributed by atoms with Gasteiger partial charge in [0.2, 0.25) is 5.91 Å². The molecule has 3 heteroatoms. The van der Waals surface area contributed by atoms with Gasteiger partial charge in [-0.25, -0.2) is 0 Å². The fraction of sp³-hybridized carbons (Fsp3) is 0.480. The summed E-state index contributed by atoms with van der Waals surface area (Å²) >= 11 is 0. The summed E-state index contributed by atoms with van der Waals surface area (Å²) < 4.78 is 0. The first kappa shape index (κ1) is 19.2. The zero-order chi connectivity index (χ0) is 19.6. The van der Waals surface area contributed by atoms with Gasteiger partial charge in [-0.2, -0.15) is 0 Å². The number of amides is 1. The number of hydrogen-bond donors (Lipinski definition) is 1. The third-order valence-corrected chi connectivity index (χ3v) is 6.94. The summed E-state index contributed by atoms with van der Waals surface area (Å²) in [4.78, 5) is 15.2. The minimum atomic E-state index is -0.806. The Labute approximate surface area is 168 Å². The van der Waals surface area contributed by atoms with Crippen molar-refractivity contribution in [3.8, 4) is 0 Å². The first-order chi connectivity index (χ1) is 13.6. The number of likely N-dealkylation sites (tertiary alicyclic amines) is 1. The van der Waals surface area contributed by atoms with Gasteiger partial charge in [0.15, 0.2) is 0 Å². The molecule has 3 atom stereocenters. The van der Waals surface area contributed by atoms with Crippen LogP contribution >= 0.6 is 0 Å². The predicted octanol–water partition coefficient (Wildman–Crippen LogP) is 4.61. The molecular weight excluding hydrogens is 346 g/mol. The number of nitrogens with zero attached hydrogens (tertiary/aromatic N) is 1. The number of fused-ring (bicyclic) bond motifs is 1. The molecule has 1 saturated carbocycles. The van der Waals surface area contributed by atoms with E-state index in [0.29, 0.717) is 19.4 Å². The number of carbonyl (C=O) groups is 1. The maximum absolute atomic E-state index is 13.1. The van der Waals surface area contributed by atoms with Gasteiger partial charge < -0.3 is 10.0 Å². The normalized spacial score (nSPS) is 27.3. The number of piperidine rings is 1. The second-order valence-electron chi connectivity index (χ2n) is 8.51. The lowest BCUT2D eigenvalue weighted by Crippen LogP contribution is -2.59. The molecular formula is C25H31NO2. The molecule has 1 amide bonds. The van der Waals surface area contributed by atoms with E-state index in [4.69, 9.17) is 0 Å². The molecule has 1 heterocycles. The van der Waals surface area contributed by atoms with Gasteiger partial charge in [-0.1, -0.05) is 67.4 Å². The topological polar surface area (TPSA) is 40.5 Å². The van der Waals surface area contributed by atoms with Crippen molar-refractivity contribution >= 4 is 5.91 Å². The molecule has 28 heavy (non-hydrogen) atoms. The molecule has 2 aliphatic rings. The molecule has 0 bridgehead atoms. The Kier molecular flexibility index (Phi) is 5.54. The Morgan fingerprint density at radius 1 is 1.07 bits per heavy atom. The van der Waals surface area contributed by atoms with E-state index in [1.807, 2.05) is 42.5 Å². The van der Waals surface area contributed by atoms with Crippen molar-refractivity contribution in [2.24, 2.45) is 5.92 Å². The molecule has 1 N–H and O–H groups in total. The van der Waals surface area contributed by atoms with Gasteiger partial charge in [-0.05, 0) is 49.3 Å². The van der Waals surface area contributed by atoms with E-state index in [2.05, 4.69) is 24.0 Å². The Morgan fingerprint density at radius 2 is 1.79 bits per heavy atom. The quantitative estimate of drug-likeness (QED) is 0.845. The summed E-state index contributed by atoms with van der Waals surface area (Å²) in [6.45, 7) is 2.76. The molecule has 2 aromatic carbocycles. The van der Waals surface area contributed by atoms with Crippen LogP contribution in [0.2, 0.25) is 0 Å². The fourth-order valence-corrected chi connectivity index (χ4v) is 5.35. The summed E-state index contributed by atoms with van der Waals surface area (Å²) in [6.07, 6.45) is 6.27. The Bertz CT molecular complexity index is 818. The first-order valence-corrected chi connectivity index (χ1v) is 10.7. The van der Waals surface area contributed by atoms with Crippen LogP contribution in [0.25, 0.3) is 0 Å². The van der Waals surface area contributed by atoms with Gasteiger partial charge in [0.05, 0.1) is 5.60 Å². The highest BCUT2D eigenvalue weighted by Crippen LogP contribution is 2.47. The molecule has 2 fully saturated rings. The van der Waals surface area contributed by atoms with E-state index < -0.39 is 5.60 Å². The van der Waals surface area contributed by atoms with E-state index in [1.165, 1.54) is 11.1 Å². The zero-order valence-electron chi connectivity index (χ0n) is 16.8. The Hall–Kier alpha value is -2.13. The Balaban J connectivity index is 1.50. The molecule has 1 saturated heterocycles. The van der Waals surface area contributed by atoms with Crippen molar-refractivity contribution in [1.29, 1.82) is 0 Å². The largest absolute Gasteiger partial charge is 0.385 e. The van der Waals surface area contributed by atoms with Gasteiger partial charge in [0.25, 0.3) is 0 Å². The fourth-order valence-electron chi connectivity index (χ4n) is 5.35. The minimum absolute atomic E-state index is 0.139. The highest BCUT2D eigenvalue weighted by atomic mass is 16.3. The van der Waals surface area contributed by atoms with E-state index in [0.717, 1.165) is 37.7 Å². The summed E-state index contributed by atoms with van der Waals surface area (Å²) in [7, 11) is 0. The highest BCUT2D eigenvalue weighted by Gasteiger charge is 2.50. The molecule has 0 spiro atoms. The number of hydrogen-bond acceptors (Lipinski definition) is 2. The van der Waals surface area contributed by atoms with E-state index in [1.54, 1.807) is 0 Å². The third kappa shape index (κ3) is 3.60. The molecule has 1 aliphatic heterocycles. The number of carbonyl (C=O) groups excluding carboxylic acids is 1. The van der Waals surface area contributed by atoms with Crippen LogP contribution in [-0.2, 0) is 16.8 Å². The van der Waals surface area contributed by atoms with Gasteiger partial charge in [-0.15, -0.1) is 0 Å². The summed E-state index contributed by atoms with van der Waals surface area (Å²) in [5.74, 6) is 0.384. The van der Waals surface area contributed by atoms with Crippen LogP contribution in [-0.4, -0.2) is 28.5 Å². The van der Waals surface area contributed by atoms with Crippen LogP contribution in [0.3, 0.4) is 0 Å². The maximum Gasteiger partial charge on any atom is 0.223 e. The zero-order valence-corrected chi connectivity index (χ0v) is 16.8. The van der Waals surface area contributed by atoms with Gasteiger partial charge in [0, 0.05) is 24.9 Å². The van der Waals surface area contributed by atoms with Crippen molar-refractivity contribution in [2.45, 2.75) is 63.5 Å². The molecule has 3 nitrogen and oxygen atoms in total. The lowest BCUT2D eigenvalue weighted by Gasteiger charge is -2.52. The summed E-state index contributed by atoms with van der Waals surface area (Å²) in [6, 6.07) is 18.6.